The van der Waals surface area contributed by atoms with E-state index >= 15 is 0 Å². The first kappa shape index (κ1) is 13.5. The van der Waals surface area contributed by atoms with Crippen LogP contribution < -0.4 is 5.32 Å². The molecule has 0 rings (SSSR count). The third kappa shape index (κ3) is 6.97. The van der Waals surface area contributed by atoms with Gasteiger partial charge < -0.3 is 15.0 Å². The Morgan fingerprint density at radius 3 is 2.71 bits per heavy atom. The number of alkyl halides is 2. The van der Waals surface area contributed by atoms with Gasteiger partial charge in [0, 0.05) is 27.3 Å². The molecule has 0 amide bonds. The summed E-state index contributed by atoms with van der Waals surface area (Å²) >= 11 is 4.89. The van der Waals surface area contributed by atoms with E-state index in [1.165, 1.54) is 11.9 Å². The molecule has 0 radical (unpaired) electrons. The summed E-state index contributed by atoms with van der Waals surface area (Å²) in [5.41, 5.74) is 0. The van der Waals surface area contributed by atoms with E-state index in [1.807, 2.05) is 0 Å². The van der Waals surface area contributed by atoms with Crippen molar-refractivity contribution in [3.8, 4) is 0 Å². The number of nitrogens with zero attached hydrogens (tertiary/aromatic N) is 1. The number of rotatable bonds is 6. The van der Waals surface area contributed by atoms with Gasteiger partial charge in [-0.2, -0.15) is 0 Å². The van der Waals surface area contributed by atoms with Crippen molar-refractivity contribution >= 4 is 17.3 Å². The van der Waals surface area contributed by atoms with Crippen LogP contribution in [0.1, 0.15) is 6.42 Å². The average Bonchev–Trinajstić information content (AvgIpc) is 2.11. The van der Waals surface area contributed by atoms with Crippen LogP contribution in [-0.4, -0.2) is 50.3 Å². The monoisotopic (exact) mass is 226 g/mol. The average molecular weight is 226 g/mol. The number of ether oxygens (including phenoxy) is 1. The maximum Gasteiger partial charge on any atom is 0.255 e. The molecule has 0 aliphatic carbocycles. The Kier molecular flexibility index (Phi) is 7.60. The molecular weight excluding hydrogens is 210 g/mol. The van der Waals surface area contributed by atoms with E-state index in [1.54, 1.807) is 7.11 Å². The quantitative estimate of drug-likeness (QED) is 0.541. The summed E-state index contributed by atoms with van der Waals surface area (Å²) in [6.07, 6.45) is -1.56. The van der Waals surface area contributed by atoms with Crippen molar-refractivity contribution in [2.24, 2.45) is 0 Å². The Balaban J connectivity index is 3.52. The molecule has 0 aliphatic rings. The van der Waals surface area contributed by atoms with Gasteiger partial charge in [0.1, 0.15) is 0 Å². The molecule has 14 heavy (non-hydrogen) atoms. The minimum atomic E-state index is -2.36. The molecule has 84 valence electrons. The number of nitrogens with one attached hydrogen (secondary N) is 1. The molecule has 3 nitrogen and oxygen atoms in total. The van der Waals surface area contributed by atoms with Crippen LogP contribution in [0.15, 0.2) is 0 Å². The van der Waals surface area contributed by atoms with Crippen molar-refractivity contribution in [2.75, 3.05) is 33.9 Å². The fourth-order valence-electron chi connectivity index (χ4n) is 0.837. The predicted molar refractivity (Wildman–Crippen MR) is 55.7 cm³/mol. The van der Waals surface area contributed by atoms with E-state index in [0.29, 0.717) is 18.3 Å². The minimum Gasteiger partial charge on any atom is -0.385 e. The SMILES string of the molecule is COCCCNC(=S)N(C)CC(F)F. The highest BCUT2D eigenvalue weighted by molar-refractivity contribution is 7.80. The molecule has 0 aromatic heterocycles. The standard InChI is InChI=1S/C8H16F2N2OS/c1-12(6-7(9)10)8(14)11-4-3-5-13-2/h7H,3-6H2,1-2H3,(H,11,14). The smallest absolute Gasteiger partial charge is 0.255 e. The molecule has 0 fully saturated rings. The van der Waals surface area contributed by atoms with Gasteiger partial charge in [-0.25, -0.2) is 8.78 Å². The van der Waals surface area contributed by atoms with E-state index in [4.69, 9.17) is 17.0 Å². The summed E-state index contributed by atoms with van der Waals surface area (Å²) in [6.45, 7) is 0.935. The first-order valence-corrected chi connectivity index (χ1v) is 4.74. The third-order valence-electron chi connectivity index (χ3n) is 1.56. The van der Waals surface area contributed by atoms with E-state index in [2.05, 4.69) is 5.32 Å². The number of methoxy groups -OCH3 is 1. The van der Waals surface area contributed by atoms with Gasteiger partial charge in [0.15, 0.2) is 5.11 Å². The Morgan fingerprint density at radius 2 is 2.21 bits per heavy atom. The van der Waals surface area contributed by atoms with Crippen molar-refractivity contribution in [1.82, 2.24) is 10.2 Å². The Labute approximate surface area is 88.4 Å². The van der Waals surface area contributed by atoms with Crippen molar-refractivity contribution in [2.45, 2.75) is 12.8 Å². The molecule has 0 aliphatic heterocycles. The molecule has 0 unspecified atom stereocenters. The summed E-state index contributed by atoms with van der Waals surface area (Å²) < 4.78 is 28.7. The summed E-state index contributed by atoms with van der Waals surface area (Å²) in [4.78, 5) is 1.33. The fourth-order valence-corrected chi connectivity index (χ4v) is 1.01. The Morgan fingerprint density at radius 1 is 1.57 bits per heavy atom. The lowest BCUT2D eigenvalue weighted by molar-refractivity contribution is 0.123. The molecule has 1 N–H and O–H groups in total. The van der Waals surface area contributed by atoms with E-state index in [-0.39, 0.29) is 6.54 Å². The van der Waals surface area contributed by atoms with E-state index in [0.717, 1.165) is 6.42 Å². The van der Waals surface area contributed by atoms with Crippen LogP contribution >= 0.6 is 12.2 Å². The van der Waals surface area contributed by atoms with Crippen LogP contribution in [0.2, 0.25) is 0 Å². The number of hydrogen-bond acceptors (Lipinski definition) is 2. The molecule has 0 atom stereocenters. The van der Waals surface area contributed by atoms with Crippen LogP contribution in [0.3, 0.4) is 0 Å². The van der Waals surface area contributed by atoms with Crippen molar-refractivity contribution < 1.29 is 13.5 Å². The number of hydrogen-bond donors (Lipinski definition) is 1. The second-order valence-electron chi connectivity index (χ2n) is 2.85. The van der Waals surface area contributed by atoms with Gasteiger partial charge in [0.05, 0.1) is 6.54 Å². The molecule has 0 spiro atoms. The molecule has 6 heteroatoms. The van der Waals surface area contributed by atoms with Crippen molar-refractivity contribution in [3.63, 3.8) is 0 Å². The zero-order valence-electron chi connectivity index (χ0n) is 8.43. The third-order valence-corrected chi connectivity index (χ3v) is 2.02. The zero-order chi connectivity index (χ0) is 11.0. The topological polar surface area (TPSA) is 24.5 Å². The van der Waals surface area contributed by atoms with Crippen LogP contribution in [0.5, 0.6) is 0 Å². The van der Waals surface area contributed by atoms with Crippen LogP contribution in [0.25, 0.3) is 0 Å². The van der Waals surface area contributed by atoms with Crippen LogP contribution in [-0.2, 0) is 4.74 Å². The molecule has 0 aromatic rings. The van der Waals surface area contributed by atoms with Gasteiger partial charge in [-0.3, -0.25) is 0 Å². The van der Waals surface area contributed by atoms with E-state index < -0.39 is 6.43 Å². The number of thiocarbonyl (C=S) groups is 1. The van der Waals surface area contributed by atoms with Gasteiger partial charge in [-0.15, -0.1) is 0 Å². The lowest BCUT2D eigenvalue weighted by Gasteiger charge is -2.20. The van der Waals surface area contributed by atoms with Crippen molar-refractivity contribution in [1.29, 1.82) is 0 Å². The summed E-state index contributed by atoms with van der Waals surface area (Å²) in [6, 6.07) is 0. The zero-order valence-corrected chi connectivity index (χ0v) is 9.24. The van der Waals surface area contributed by atoms with Gasteiger partial charge in [-0.1, -0.05) is 0 Å². The second kappa shape index (κ2) is 7.87. The molecule has 0 heterocycles. The second-order valence-corrected chi connectivity index (χ2v) is 3.24. The first-order valence-electron chi connectivity index (χ1n) is 4.34. The molecular formula is C8H16F2N2OS. The summed E-state index contributed by atoms with van der Waals surface area (Å²) in [5, 5.41) is 3.22. The van der Waals surface area contributed by atoms with Gasteiger partial charge in [-0.05, 0) is 18.6 Å². The molecule has 0 aromatic carbocycles. The molecule has 0 saturated heterocycles. The lowest BCUT2D eigenvalue weighted by atomic mass is 10.4. The van der Waals surface area contributed by atoms with Gasteiger partial charge in [0.25, 0.3) is 6.43 Å². The highest BCUT2D eigenvalue weighted by atomic mass is 32.1. The van der Waals surface area contributed by atoms with Gasteiger partial charge in [0.2, 0.25) is 0 Å². The Hall–Kier alpha value is -0.490. The van der Waals surface area contributed by atoms with Gasteiger partial charge >= 0.3 is 0 Å². The maximum atomic E-state index is 11.9. The highest BCUT2D eigenvalue weighted by Crippen LogP contribution is 1.95. The van der Waals surface area contributed by atoms with E-state index in [9.17, 15) is 8.78 Å². The lowest BCUT2D eigenvalue weighted by Crippen LogP contribution is -2.40. The number of halogens is 2. The normalized spacial score (nSPS) is 10.4. The predicted octanol–water partition coefficient (Wildman–Crippen LogP) is 1.09. The molecule has 0 saturated carbocycles. The largest absolute Gasteiger partial charge is 0.385 e. The van der Waals surface area contributed by atoms with Crippen molar-refractivity contribution in [3.05, 3.63) is 0 Å². The summed E-state index contributed by atoms with van der Waals surface area (Å²) in [7, 11) is 3.15. The minimum absolute atomic E-state index is 0.337. The van der Waals surface area contributed by atoms with Crippen LogP contribution in [0.4, 0.5) is 8.78 Å². The maximum absolute atomic E-state index is 11.9. The van der Waals surface area contributed by atoms with Crippen LogP contribution in [0, 0.1) is 0 Å². The highest BCUT2D eigenvalue weighted by Gasteiger charge is 2.09. The molecule has 0 bridgehead atoms. The summed E-state index contributed by atoms with van der Waals surface area (Å²) in [5.74, 6) is 0. The first-order chi connectivity index (χ1) is 6.57. The Bertz CT molecular complexity index is 169. The fraction of sp³-hybridized carbons (Fsp3) is 0.875.